The molecule has 3 nitrogen and oxygen atoms in total. The summed E-state index contributed by atoms with van der Waals surface area (Å²) in [5.74, 6) is 0.0657. The zero-order chi connectivity index (χ0) is 11.5. The van der Waals surface area contributed by atoms with Gasteiger partial charge in [-0.1, -0.05) is 0 Å². The molecule has 88 valence electrons. The largest absolute Gasteiger partial charge is 0.395 e. The van der Waals surface area contributed by atoms with Crippen molar-refractivity contribution in [2.45, 2.75) is 26.2 Å². The molecule has 0 bridgehead atoms. The molecule has 1 aliphatic rings. The van der Waals surface area contributed by atoms with Crippen LogP contribution in [0.25, 0.3) is 0 Å². The summed E-state index contributed by atoms with van der Waals surface area (Å²) in [6.45, 7) is 3.05. The fourth-order valence-electron chi connectivity index (χ4n) is 2.11. The number of thiophene rings is 1. The van der Waals surface area contributed by atoms with E-state index in [9.17, 15) is 4.79 Å². The number of aryl methyl sites for hydroxylation is 2. The minimum absolute atomic E-state index is 0.0324. The third-order valence-corrected chi connectivity index (χ3v) is 4.22. The Hall–Kier alpha value is -0.870. The molecule has 1 aromatic heterocycles. The third-order valence-electron chi connectivity index (χ3n) is 3.00. The maximum atomic E-state index is 12.1. The van der Waals surface area contributed by atoms with Gasteiger partial charge in [0.1, 0.15) is 0 Å². The highest BCUT2D eigenvalue weighted by atomic mass is 32.1. The summed E-state index contributed by atoms with van der Waals surface area (Å²) in [7, 11) is 0. The van der Waals surface area contributed by atoms with Gasteiger partial charge in [-0.25, -0.2) is 0 Å². The summed E-state index contributed by atoms with van der Waals surface area (Å²) >= 11 is 1.63. The van der Waals surface area contributed by atoms with Gasteiger partial charge in [-0.3, -0.25) is 4.79 Å². The fraction of sp³-hybridized carbons (Fsp3) is 0.583. The van der Waals surface area contributed by atoms with Crippen molar-refractivity contribution in [1.82, 2.24) is 4.90 Å². The number of rotatable bonds is 4. The van der Waals surface area contributed by atoms with E-state index in [-0.39, 0.29) is 12.5 Å². The normalized spacial score (nSPS) is 13.9. The van der Waals surface area contributed by atoms with Crippen LogP contribution in [0.3, 0.4) is 0 Å². The Bertz CT molecular complexity index is 365. The summed E-state index contributed by atoms with van der Waals surface area (Å²) in [5.41, 5.74) is 1.36. The van der Waals surface area contributed by atoms with E-state index < -0.39 is 0 Å². The van der Waals surface area contributed by atoms with Gasteiger partial charge in [0.25, 0.3) is 5.91 Å². The molecule has 1 N–H and O–H groups in total. The fourth-order valence-corrected chi connectivity index (χ4v) is 3.34. The Morgan fingerprint density at radius 2 is 2.38 bits per heavy atom. The topological polar surface area (TPSA) is 40.5 Å². The lowest BCUT2D eigenvalue weighted by Crippen LogP contribution is -2.32. The molecule has 1 amide bonds. The van der Waals surface area contributed by atoms with Crippen LogP contribution in [0.1, 0.15) is 33.5 Å². The Morgan fingerprint density at radius 3 is 3.00 bits per heavy atom. The van der Waals surface area contributed by atoms with Gasteiger partial charge in [0.2, 0.25) is 0 Å². The van der Waals surface area contributed by atoms with Gasteiger partial charge < -0.3 is 10.0 Å². The Labute approximate surface area is 99.7 Å². The summed E-state index contributed by atoms with van der Waals surface area (Å²) in [6.07, 6.45) is 3.47. The molecule has 0 aliphatic heterocycles. The highest BCUT2D eigenvalue weighted by Gasteiger charge is 2.21. The van der Waals surface area contributed by atoms with Gasteiger partial charge in [-0.15, -0.1) is 11.3 Å². The van der Waals surface area contributed by atoms with Crippen LogP contribution < -0.4 is 0 Å². The Balaban J connectivity index is 2.13. The van der Waals surface area contributed by atoms with Crippen LogP contribution in [0.5, 0.6) is 0 Å². The monoisotopic (exact) mass is 239 g/mol. The van der Waals surface area contributed by atoms with Gasteiger partial charge in [0.05, 0.1) is 11.5 Å². The summed E-state index contributed by atoms with van der Waals surface area (Å²) in [4.78, 5) is 16.0. The standard InChI is InChI=1S/C12H17NO2S/c1-2-13(6-7-14)12(15)11-8-9-4-3-5-10(9)16-11/h8,14H,2-7H2,1H3. The molecule has 1 aromatic rings. The van der Waals surface area contributed by atoms with Crippen molar-refractivity contribution in [3.63, 3.8) is 0 Å². The van der Waals surface area contributed by atoms with E-state index in [2.05, 4.69) is 0 Å². The smallest absolute Gasteiger partial charge is 0.264 e. The maximum absolute atomic E-state index is 12.1. The van der Waals surface area contributed by atoms with E-state index in [0.29, 0.717) is 13.1 Å². The maximum Gasteiger partial charge on any atom is 0.264 e. The number of carbonyl (C=O) groups excluding carboxylic acids is 1. The molecule has 0 saturated heterocycles. The van der Waals surface area contributed by atoms with Gasteiger partial charge in [-0.05, 0) is 37.8 Å². The first-order valence-corrected chi connectivity index (χ1v) is 6.59. The number of fused-ring (bicyclic) bond motifs is 1. The molecule has 0 aromatic carbocycles. The average Bonchev–Trinajstić information content (AvgIpc) is 2.84. The molecule has 0 fully saturated rings. The van der Waals surface area contributed by atoms with E-state index in [4.69, 9.17) is 5.11 Å². The third kappa shape index (κ3) is 2.13. The minimum Gasteiger partial charge on any atom is -0.395 e. The van der Waals surface area contributed by atoms with Crippen molar-refractivity contribution in [3.05, 3.63) is 21.4 Å². The first-order chi connectivity index (χ1) is 7.76. The molecule has 16 heavy (non-hydrogen) atoms. The molecule has 0 spiro atoms. The second-order valence-electron chi connectivity index (χ2n) is 4.02. The van der Waals surface area contributed by atoms with Crippen molar-refractivity contribution in [3.8, 4) is 0 Å². The van der Waals surface area contributed by atoms with Crippen LogP contribution in [0.4, 0.5) is 0 Å². The van der Waals surface area contributed by atoms with Crippen molar-refractivity contribution in [2.24, 2.45) is 0 Å². The minimum atomic E-state index is 0.0324. The number of hydrogen-bond acceptors (Lipinski definition) is 3. The highest BCUT2D eigenvalue weighted by molar-refractivity contribution is 7.14. The van der Waals surface area contributed by atoms with Crippen LogP contribution in [0.2, 0.25) is 0 Å². The molecule has 4 heteroatoms. The molecule has 1 aliphatic carbocycles. The van der Waals surface area contributed by atoms with Gasteiger partial charge in [0.15, 0.2) is 0 Å². The van der Waals surface area contributed by atoms with Crippen molar-refractivity contribution < 1.29 is 9.90 Å². The predicted octanol–water partition coefficient (Wildman–Crippen LogP) is 1.69. The van der Waals surface area contributed by atoms with Crippen molar-refractivity contribution in [2.75, 3.05) is 19.7 Å². The number of aliphatic hydroxyl groups is 1. The summed E-state index contributed by atoms with van der Waals surface area (Å²) < 4.78 is 0. The lowest BCUT2D eigenvalue weighted by atomic mass is 10.2. The van der Waals surface area contributed by atoms with Gasteiger partial charge in [0, 0.05) is 18.0 Å². The van der Waals surface area contributed by atoms with E-state index in [1.807, 2.05) is 13.0 Å². The van der Waals surface area contributed by atoms with Crippen molar-refractivity contribution in [1.29, 1.82) is 0 Å². The summed E-state index contributed by atoms with van der Waals surface area (Å²) in [6, 6.07) is 2.04. The van der Waals surface area contributed by atoms with Crippen molar-refractivity contribution >= 4 is 17.2 Å². The van der Waals surface area contributed by atoms with E-state index in [1.54, 1.807) is 16.2 Å². The van der Waals surface area contributed by atoms with Gasteiger partial charge in [-0.2, -0.15) is 0 Å². The number of aliphatic hydroxyl groups excluding tert-OH is 1. The number of carbonyl (C=O) groups is 1. The van der Waals surface area contributed by atoms with Crippen LogP contribution >= 0.6 is 11.3 Å². The second kappa shape index (κ2) is 4.97. The molecule has 0 radical (unpaired) electrons. The first kappa shape index (κ1) is 11.6. The number of hydrogen-bond donors (Lipinski definition) is 1. The molecular weight excluding hydrogens is 222 g/mol. The van der Waals surface area contributed by atoms with E-state index in [1.165, 1.54) is 16.9 Å². The van der Waals surface area contributed by atoms with Crippen LogP contribution in [-0.2, 0) is 12.8 Å². The van der Waals surface area contributed by atoms with E-state index >= 15 is 0 Å². The number of amides is 1. The zero-order valence-corrected chi connectivity index (χ0v) is 10.3. The first-order valence-electron chi connectivity index (χ1n) is 5.78. The average molecular weight is 239 g/mol. The highest BCUT2D eigenvalue weighted by Crippen LogP contribution is 2.31. The van der Waals surface area contributed by atoms with E-state index in [0.717, 1.165) is 17.7 Å². The summed E-state index contributed by atoms with van der Waals surface area (Å²) in [5, 5.41) is 8.89. The number of likely N-dealkylation sites (N-methyl/N-ethyl adjacent to an activating group) is 1. The molecule has 0 saturated carbocycles. The van der Waals surface area contributed by atoms with Crippen LogP contribution in [-0.4, -0.2) is 35.6 Å². The number of nitrogens with zero attached hydrogens (tertiary/aromatic N) is 1. The van der Waals surface area contributed by atoms with Crippen LogP contribution in [0, 0.1) is 0 Å². The molecule has 2 rings (SSSR count). The molecule has 0 unspecified atom stereocenters. The SMILES string of the molecule is CCN(CCO)C(=O)c1cc2c(s1)CCC2. The lowest BCUT2D eigenvalue weighted by molar-refractivity contribution is 0.0737. The Morgan fingerprint density at radius 1 is 1.56 bits per heavy atom. The predicted molar refractivity (Wildman–Crippen MR) is 65.0 cm³/mol. The molecule has 0 atom stereocenters. The Kier molecular flexibility index (Phi) is 3.61. The lowest BCUT2D eigenvalue weighted by Gasteiger charge is -2.18. The molecule has 1 heterocycles. The van der Waals surface area contributed by atoms with Crippen LogP contribution in [0.15, 0.2) is 6.07 Å². The van der Waals surface area contributed by atoms with Gasteiger partial charge >= 0.3 is 0 Å². The second-order valence-corrected chi connectivity index (χ2v) is 5.16. The zero-order valence-electron chi connectivity index (χ0n) is 9.53. The quantitative estimate of drug-likeness (QED) is 0.868. The molecular formula is C12H17NO2S.